The summed E-state index contributed by atoms with van der Waals surface area (Å²) < 4.78 is 13.1. The number of nitrogens with two attached hydrogens (primary N) is 1. The fourth-order valence-electron chi connectivity index (χ4n) is 3.39. The second kappa shape index (κ2) is 9.52. The van der Waals surface area contributed by atoms with Crippen molar-refractivity contribution in [3.8, 4) is 0 Å². The summed E-state index contributed by atoms with van der Waals surface area (Å²) >= 11 is 0. The van der Waals surface area contributed by atoms with Crippen LogP contribution in [0.3, 0.4) is 0 Å². The molecule has 0 bridgehead atoms. The minimum Gasteiger partial charge on any atom is -0.352 e. The van der Waals surface area contributed by atoms with Gasteiger partial charge < -0.3 is 16.0 Å². The zero-order valence-corrected chi connectivity index (χ0v) is 15.6. The smallest absolute Gasteiger partial charge is 0.312 e. The second-order valence-corrected chi connectivity index (χ2v) is 7.14. The minimum atomic E-state index is -0.612. The first-order valence-corrected chi connectivity index (χ1v) is 9.16. The third kappa shape index (κ3) is 5.98. The van der Waals surface area contributed by atoms with Crippen LogP contribution in [0, 0.1) is 11.7 Å². The van der Waals surface area contributed by atoms with Gasteiger partial charge in [0.15, 0.2) is 0 Å². The third-order valence-corrected chi connectivity index (χ3v) is 4.81. The van der Waals surface area contributed by atoms with Gasteiger partial charge in [-0.1, -0.05) is 26.0 Å². The lowest BCUT2D eigenvalue weighted by atomic mass is 10.0. The predicted octanol–water partition coefficient (Wildman–Crippen LogP) is 1.94. The fourth-order valence-corrected chi connectivity index (χ4v) is 3.39. The maximum absolute atomic E-state index is 13.1. The van der Waals surface area contributed by atoms with Crippen molar-refractivity contribution >= 4 is 11.9 Å². The van der Waals surface area contributed by atoms with Crippen LogP contribution in [0.4, 0.5) is 9.18 Å². The molecule has 1 aromatic rings. The zero-order chi connectivity index (χ0) is 19.1. The Morgan fingerprint density at radius 2 is 1.96 bits per heavy atom. The maximum atomic E-state index is 13.1. The van der Waals surface area contributed by atoms with Crippen molar-refractivity contribution in [2.24, 2.45) is 11.7 Å². The Morgan fingerprint density at radius 3 is 2.58 bits per heavy atom. The first-order valence-electron chi connectivity index (χ1n) is 9.16. The highest BCUT2D eigenvalue weighted by Crippen LogP contribution is 2.20. The van der Waals surface area contributed by atoms with Crippen LogP contribution < -0.4 is 11.1 Å². The van der Waals surface area contributed by atoms with E-state index in [1.165, 1.54) is 12.1 Å². The number of carbonyl (C=O) groups is 2. The summed E-state index contributed by atoms with van der Waals surface area (Å²) in [6, 6.07) is 6.22. The lowest BCUT2D eigenvalue weighted by Gasteiger charge is -2.34. The largest absolute Gasteiger partial charge is 0.352 e. The Balaban J connectivity index is 2.00. The summed E-state index contributed by atoms with van der Waals surface area (Å²) in [5.74, 6) is 0.187. The van der Waals surface area contributed by atoms with E-state index in [0.717, 1.165) is 25.1 Å². The summed E-state index contributed by atoms with van der Waals surface area (Å²) in [6.07, 6.45) is 1.14. The molecule has 1 aliphatic rings. The highest BCUT2D eigenvalue weighted by atomic mass is 19.1. The molecule has 1 saturated heterocycles. The number of primary amides is 1. The van der Waals surface area contributed by atoms with Crippen molar-refractivity contribution in [2.75, 3.05) is 26.2 Å². The number of benzene rings is 1. The molecule has 0 aliphatic carbocycles. The molecule has 0 aromatic heterocycles. The number of amides is 3. The van der Waals surface area contributed by atoms with E-state index in [9.17, 15) is 14.0 Å². The number of rotatable bonds is 6. The normalized spacial score (nSPS) is 18.6. The van der Waals surface area contributed by atoms with Crippen LogP contribution in [0.1, 0.15) is 32.3 Å². The van der Waals surface area contributed by atoms with E-state index in [-0.39, 0.29) is 30.7 Å². The second-order valence-electron chi connectivity index (χ2n) is 7.14. The van der Waals surface area contributed by atoms with Crippen LogP contribution in [0.5, 0.6) is 0 Å². The van der Waals surface area contributed by atoms with Crippen molar-refractivity contribution in [1.82, 2.24) is 15.1 Å². The molecule has 3 amide bonds. The van der Waals surface area contributed by atoms with Gasteiger partial charge in [-0.2, -0.15) is 0 Å². The topological polar surface area (TPSA) is 78.7 Å². The van der Waals surface area contributed by atoms with Gasteiger partial charge in [-0.15, -0.1) is 0 Å². The quantitative estimate of drug-likeness (QED) is 0.810. The number of hydrogen-bond donors (Lipinski definition) is 2. The molecule has 3 N–H and O–H groups in total. The van der Waals surface area contributed by atoms with E-state index in [4.69, 9.17) is 5.73 Å². The molecule has 0 spiro atoms. The summed E-state index contributed by atoms with van der Waals surface area (Å²) in [5.41, 5.74) is 6.11. The van der Waals surface area contributed by atoms with E-state index in [1.54, 1.807) is 0 Å². The number of nitrogens with zero attached hydrogens (tertiary/aromatic N) is 2. The number of hydrogen-bond acceptors (Lipinski definition) is 3. The summed E-state index contributed by atoms with van der Waals surface area (Å²) in [6.45, 7) is 7.58. The van der Waals surface area contributed by atoms with Crippen LogP contribution in [-0.2, 0) is 11.3 Å². The van der Waals surface area contributed by atoms with E-state index in [1.807, 2.05) is 17.0 Å². The Hall–Kier alpha value is -2.15. The molecule has 2 rings (SSSR count). The van der Waals surface area contributed by atoms with Crippen molar-refractivity contribution in [1.29, 1.82) is 0 Å². The van der Waals surface area contributed by atoms with Crippen LogP contribution >= 0.6 is 0 Å². The zero-order valence-electron chi connectivity index (χ0n) is 15.6. The van der Waals surface area contributed by atoms with E-state index in [2.05, 4.69) is 24.1 Å². The molecule has 1 heterocycles. The van der Waals surface area contributed by atoms with Crippen molar-refractivity contribution in [2.45, 2.75) is 39.3 Å². The van der Waals surface area contributed by atoms with E-state index in [0.29, 0.717) is 19.0 Å². The van der Waals surface area contributed by atoms with Gasteiger partial charge in [0.1, 0.15) is 5.82 Å². The third-order valence-electron chi connectivity index (χ3n) is 4.81. The monoisotopic (exact) mass is 364 g/mol. The SMILES string of the molecule is CC(C)[C@H]1CN(C(=O)CCNC(N)=O)CCCN1Cc1ccc(F)cc1. The molecule has 0 radical (unpaired) electrons. The number of nitrogens with one attached hydrogen (secondary N) is 1. The summed E-state index contributed by atoms with van der Waals surface area (Å²) in [5, 5.41) is 2.46. The van der Waals surface area contributed by atoms with Crippen LogP contribution in [0.2, 0.25) is 0 Å². The van der Waals surface area contributed by atoms with Gasteiger partial charge in [0.2, 0.25) is 5.91 Å². The average Bonchev–Trinajstić information content (AvgIpc) is 2.79. The van der Waals surface area contributed by atoms with Crippen molar-refractivity contribution < 1.29 is 14.0 Å². The maximum Gasteiger partial charge on any atom is 0.312 e. The number of urea groups is 1. The minimum absolute atomic E-state index is 0.0352. The first-order chi connectivity index (χ1) is 12.4. The molecule has 1 aliphatic heterocycles. The van der Waals surface area contributed by atoms with Gasteiger partial charge in [-0.3, -0.25) is 9.69 Å². The van der Waals surface area contributed by atoms with Gasteiger partial charge in [-0.25, -0.2) is 9.18 Å². The molecule has 1 aromatic carbocycles. The molecular weight excluding hydrogens is 335 g/mol. The van der Waals surface area contributed by atoms with Gasteiger partial charge in [0, 0.05) is 45.2 Å². The Kier molecular flexibility index (Phi) is 7.38. The molecule has 7 heteroatoms. The Bertz CT molecular complexity index is 606. The van der Waals surface area contributed by atoms with Crippen molar-refractivity contribution in [3.63, 3.8) is 0 Å². The molecule has 144 valence electrons. The Morgan fingerprint density at radius 1 is 1.27 bits per heavy atom. The highest BCUT2D eigenvalue weighted by Gasteiger charge is 2.29. The average molecular weight is 364 g/mol. The lowest BCUT2D eigenvalue weighted by Crippen LogP contribution is -2.46. The molecular formula is C19H29FN4O2. The van der Waals surface area contributed by atoms with Crippen LogP contribution in [0.15, 0.2) is 24.3 Å². The van der Waals surface area contributed by atoms with Crippen LogP contribution in [0.25, 0.3) is 0 Å². The first kappa shape index (κ1) is 20.2. The summed E-state index contributed by atoms with van der Waals surface area (Å²) in [7, 11) is 0. The van der Waals surface area contributed by atoms with Crippen LogP contribution in [-0.4, -0.2) is 54.0 Å². The van der Waals surface area contributed by atoms with E-state index < -0.39 is 6.03 Å². The molecule has 1 fully saturated rings. The molecule has 0 unspecified atom stereocenters. The molecule has 0 saturated carbocycles. The molecule has 26 heavy (non-hydrogen) atoms. The lowest BCUT2D eigenvalue weighted by molar-refractivity contribution is -0.131. The van der Waals surface area contributed by atoms with Crippen molar-refractivity contribution in [3.05, 3.63) is 35.6 Å². The highest BCUT2D eigenvalue weighted by molar-refractivity contribution is 5.77. The van der Waals surface area contributed by atoms with Gasteiger partial charge in [0.05, 0.1) is 0 Å². The summed E-state index contributed by atoms with van der Waals surface area (Å²) in [4.78, 5) is 27.5. The number of carbonyl (C=O) groups excluding carboxylic acids is 2. The number of halogens is 1. The Labute approximate surface area is 154 Å². The fraction of sp³-hybridized carbons (Fsp3) is 0.579. The molecule has 1 atom stereocenters. The van der Waals surface area contributed by atoms with E-state index >= 15 is 0 Å². The molecule has 6 nitrogen and oxygen atoms in total. The predicted molar refractivity (Wildman–Crippen MR) is 98.8 cm³/mol. The van der Waals surface area contributed by atoms with Gasteiger partial charge >= 0.3 is 6.03 Å². The van der Waals surface area contributed by atoms with Gasteiger partial charge in [-0.05, 0) is 30.0 Å². The standard InChI is InChI=1S/C19H29FN4O2/c1-14(2)17-13-24(18(25)8-9-22-19(21)26)11-3-10-23(17)12-15-4-6-16(20)7-5-15/h4-7,14,17H,3,8-13H2,1-2H3,(H3,21,22,26)/t17-/m1/s1. The van der Waals surface area contributed by atoms with Gasteiger partial charge in [0.25, 0.3) is 0 Å².